The van der Waals surface area contributed by atoms with Crippen molar-refractivity contribution >= 4 is 23.6 Å². The summed E-state index contributed by atoms with van der Waals surface area (Å²) in [5.74, 6) is 0.795. The van der Waals surface area contributed by atoms with Crippen LogP contribution in [0.4, 0.5) is 0 Å². The first-order valence-corrected chi connectivity index (χ1v) is 6.27. The third-order valence-corrected chi connectivity index (χ3v) is 3.38. The molecule has 2 heterocycles. The quantitative estimate of drug-likeness (QED) is 0.720. The Bertz CT molecular complexity index is 667. The van der Waals surface area contributed by atoms with Gasteiger partial charge in [0.25, 0.3) is 0 Å². The molecule has 0 saturated carbocycles. The molecule has 0 bridgehead atoms. The summed E-state index contributed by atoms with van der Waals surface area (Å²) in [6, 6.07) is 9.91. The normalized spacial score (nSPS) is 10.6. The zero-order valence-electron chi connectivity index (χ0n) is 8.70. The van der Waals surface area contributed by atoms with E-state index in [0.717, 1.165) is 16.4 Å². The lowest BCUT2D eigenvalue weighted by atomic mass is 10.3. The van der Waals surface area contributed by atoms with Gasteiger partial charge in [0.15, 0.2) is 10.6 Å². The van der Waals surface area contributed by atoms with E-state index < -0.39 is 0 Å². The Morgan fingerprint density at radius 1 is 1.24 bits per heavy atom. The maximum Gasteiger partial charge on any atom is 0.200 e. The molecule has 0 saturated heterocycles. The Kier molecular flexibility index (Phi) is 2.58. The van der Waals surface area contributed by atoms with Crippen molar-refractivity contribution in [2.45, 2.75) is 0 Å². The fourth-order valence-electron chi connectivity index (χ4n) is 1.61. The second kappa shape index (κ2) is 4.23. The Morgan fingerprint density at radius 2 is 2.06 bits per heavy atom. The molecule has 17 heavy (non-hydrogen) atoms. The number of hydrogen-bond acceptors (Lipinski definition) is 4. The summed E-state index contributed by atoms with van der Waals surface area (Å²) < 4.78 is 2.49. The molecular weight excluding hydrogens is 252 g/mol. The summed E-state index contributed by atoms with van der Waals surface area (Å²) in [6.07, 6.45) is 1.79. The SMILES string of the molecule is S=c1[nH]nc(-c2cncs2)n1-c1ccccc1. The van der Waals surface area contributed by atoms with Crippen molar-refractivity contribution in [2.24, 2.45) is 0 Å². The molecule has 84 valence electrons. The Labute approximate surface area is 107 Å². The molecule has 0 unspecified atom stereocenters. The number of thiazole rings is 1. The van der Waals surface area contributed by atoms with Crippen molar-refractivity contribution in [2.75, 3.05) is 0 Å². The number of para-hydroxylation sites is 1. The van der Waals surface area contributed by atoms with Crippen LogP contribution in [0.25, 0.3) is 16.4 Å². The summed E-state index contributed by atoms with van der Waals surface area (Å²) in [5.41, 5.74) is 2.78. The van der Waals surface area contributed by atoms with Gasteiger partial charge in [-0.3, -0.25) is 14.6 Å². The second-order valence-electron chi connectivity index (χ2n) is 3.39. The van der Waals surface area contributed by atoms with Gasteiger partial charge < -0.3 is 0 Å². The van der Waals surface area contributed by atoms with E-state index in [0.29, 0.717) is 4.77 Å². The van der Waals surface area contributed by atoms with Gasteiger partial charge in [-0.15, -0.1) is 11.3 Å². The average Bonchev–Trinajstić information content (AvgIpc) is 2.98. The van der Waals surface area contributed by atoms with Crippen LogP contribution >= 0.6 is 23.6 Å². The van der Waals surface area contributed by atoms with Crippen LogP contribution in [0.1, 0.15) is 0 Å². The number of rotatable bonds is 2. The van der Waals surface area contributed by atoms with Crippen molar-refractivity contribution in [1.29, 1.82) is 0 Å². The average molecular weight is 260 g/mol. The molecule has 0 amide bonds. The van der Waals surface area contributed by atoms with Gasteiger partial charge in [-0.2, -0.15) is 5.10 Å². The second-order valence-corrected chi connectivity index (χ2v) is 4.66. The first-order chi connectivity index (χ1) is 8.36. The zero-order chi connectivity index (χ0) is 11.7. The summed E-state index contributed by atoms with van der Waals surface area (Å²) in [5, 5.41) is 7.07. The molecule has 0 aliphatic carbocycles. The maximum atomic E-state index is 5.26. The lowest BCUT2D eigenvalue weighted by Crippen LogP contribution is -1.96. The number of nitrogens with zero attached hydrogens (tertiary/aromatic N) is 3. The summed E-state index contributed by atoms with van der Waals surface area (Å²) >= 11 is 6.80. The van der Waals surface area contributed by atoms with E-state index in [9.17, 15) is 0 Å². The van der Waals surface area contributed by atoms with E-state index in [4.69, 9.17) is 12.2 Å². The lowest BCUT2D eigenvalue weighted by Gasteiger charge is -2.04. The first-order valence-electron chi connectivity index (χ1n) is 4.98. The number of H-pyrrole nitrogens is 1. The standard InChI is InChI=1S/C11H8N4S2/c16-11-14-13-10(9-6-12-7-17-9)15(11)8-4-2-1-3-5-8/h1-7H,(H,14,16). The smallest absolute Gasteiger partial charge is 0.200 e. The molecule has 4 nitrogen and oxygen atoms in total. The van der Waals surface area contributed by atoms with Crippen molar-refractivity contribution in [3.63, 3.8) is 0 Å². The lowest BCUT2D eigenvalue weighted by molar-refractivity contribution is 1.04. The van der Waals surface area contributed by atoms with Crippen molar-refractivity contribution in [3.8, 4) is 16.4 Å². The van der Waals surface area contributed by atoms with E-state index in [2.05, 4.69) is 15.2 Å². The van der Waals surface area contributed by atoms with Crippen molar-refractivity contribution in [1.82, 2.24) is 19.7 Å². The number of aromatic amines is 1. The molecule has 1 aromatic carbocycles. The van der Waals surface area contributed by atoms with Crippen LogP contribution in [-0.2, 0) is 0 Å². The molecular formula is C11H8N4S2. The number of benzene rings is 1. The molecule has 0 radical (unpaired) electrons. The molecule has 1 N–H and O–H groups in total. The maximum absolute atomic E-state index is 5.26. The Balaban J connectivity index is 2.24. The fourth-order valence-corrected chi connectivity index (χ4v) is 2.44. The summed E-state index contributed by atoms with van der Waals surface area (Å²) in [6.45, 7) is 0. The van der Waals surface area contributed by atoms with Crippen LogP contribution in [0.5, 0.6) is 0 Å². The molecule has 0 atom stereocenters. The highest BCUT2D eigenvalue weighted by Crippen LogP contribution is 2.24. The van der Waals surface area contributed by atoms with E-state index in [1.165, 1.54) is 11.3 Å². The van der Waals surface area contributed by atoms with Crippen LogP contribution in [0.3, 0.4) is 0 Å². The van der Waals surface area contributed by atoms with Crippen LogP contribution in [0.15, 0.2) is 42.0 Å². The van der Waals surface area contributed by atoms with Gasteiger partial charge in [0, 0.05) is 11.9 Å². The molecule has 6 heteroatoms. The van der Waals surface area contributed by atoms with Gasteiger partial charge >= 0.3 is 0 Å². The van der Waals surface area contributed by atoms with Gasteiger partial charge in [0.05, 0.1) is 10.4 Å². The van der Waals surface area contributed by atoms with Gasteiger partial charge in [-0.1, -0.05) is 18.2 Å². The van der Waals surface area contributed by atoms with E-state index >= 15 is 0 Å². The van der Waals surface area contributed by atoms with Crippen molar-refractivity contribution < 1.29 is 0 Å². The zero-order valence-corrected chi connectivity index (χ0v) is 10.3. The molecule has 0 aliphatic rings. The van der Waals surface area contributed by atoms with Gasteiger partial charge in [-0.05, 0) is 24.4 Å². The van der Waals surface area contributed by atoms with Gasteiger partial charge in [-0.25, -0.2) is 0 Å². The minimum atomic E-state index is 0.583. The highest BCUT2D eigenvalue weighted by atomic mass is 32.1. The highest BCUT2D eigenvalue weighted by Gasteiger charge is 2.11. The molecule has 2 aromatic heterocycles. The minimum absolute atomic E-state index is 0.583. The fraction of sp³-hybridized carbons (Fsp3) is 0. The Morgan fingerprint density at radius 3 is 2.76 bits per heavy atom. The van der Waals surface area contributed by atoms with Crippen molar-refractivity contribution in [3.05, 3.63) is 46.8 Å². The molecule has 0 fully saturated rings. The topological polar surface area (TPSA) is 46.5 Å². The summed E-state index contributed by atoms with van der Waals surface area (Å²) in [4.78, 5) is 5.05. The molecule has 0 spiro atoms. The van der Waals surface area contributed by atoms with Crippen LogP contribution in [0, 0.1) is 4.77 Å². The minimum Gasteiger partial charge on any atom is -0.267 e. The first kappa shape index (κ1) is 10.4. The van der Waals surface area contributed by atoms with Crippen LogP contribution < -0.4 is 0 Å². The third-order valence-electron chi connectivity index (χ3n) is 2.34. The number of nitrogens with one attached hydrogen (secondary N) is 1. The monoisotopic (exact) mass is 260 g/mol. The van der Waals surface area contributed by atoms with E-state index in [1.807, 2.05) is 34.9 Å². The molecule has 3 rings (SSSR count). The predicted octanol–water partition coefficient (Wildman–Crippen LogP) is 3.05. The summed E-state index contributed by atoms with van der Waals surface area (Å²) in [7, 11) is 0. The molecule has 0 aliphatic heterocycles. The largest absolute Gasteiger partial charge is 0.267 e. The predicted molar refractivity (Wildman–Crippen MR) is 69.9 cm³/mol. The third kappa shape index (κ3) is 1.81. The number of hydrogen-bond donors (Lipinski definition) is 1. The van der Waals surface area contributed by atoms with E-state index in [1.54, 1.807) is 11.7 Å². The van der Waals surface area contributed by atoms with Gasteiger partial charge in [0.2, 0.25) is 0 Å². The van der Waals surface area contributed by atoms with E-state index in [-0.39, 0.29) is 0 Å². The highest BCUT2D eigenvalue weighted by molar-refractivity contribution is 7.71. The van der Waals surface area contributed by atoms with Gasteiger partial charge in [0.1, 0.15) is 0 Å². The molecule has 3 aromatic rings. The Hall–Kier alpha value is -1.79. The van der Waals surface area contributed by atoms with Crippen LogP contribution in [0.2, 0.25) is 0 Å². The van der Waals surface area contributed by atoms with Crippen LogP contribution in [-0.4, -0.2) is 19.7 Å². The number of aromatic nitrogens is 4.